The van der Waals surface area contributed by atoms with Gasteiger partial charge >= 0.3 is 0 Å². The Labute approximate surface area is 219 Å². The fourth-order valence-electron chi connectivity index (χ4n) is 9.65. The summed E-state index contributed by atoms with van der Waals surface area (Å²) in [7, 11) is 0. The summed E-state index contributed by atoms with van der Waals surface area (Å²) < 4.78 is 5.13. The Morgan fingerprint density at radius 3 is 2.11 bits per heavy atom. The van der Waals surface area contributed by atoms with Gasteiger partial charge in [0.2, 0.25) is 0 Å². The first-order chi connectivity index (χ1) is 16.7. The number of fused-ring (bicyclic) bond motifs is 5. The van der Waals surface area contributed by atoms with Crippen LogP contribution in [0.15, 0.2) is 0 Å². The first-order valence-corrected chi connectivity index (χ1v) is 15.9. The third-order valence-corrected chi connectivity index (χ3v) is 11.5. The van der Waals surface area contributed by atoms with E-state index in [1.54, 1.807) is 0 Å². The topological polar surface area (TPSA) is 29.5 Å². The Balaban J connectivity index is 0.000000429. The summed E-state index contributed by atoms with van der Waals surface area (Å²) in [6.45, 7) is 18.8. The van der Waals surface area contributed by atoms with Gasteiger partial charge in [-0.15, -0.1) is 0 Å². The van der Waals surface area contributed by atoms with Crippen molar-refractivity contribution in [2.75, 3.05) is 13.2 Å². The van der Waals surface area contributed by atoms with E-state index in [2.05, 4.69) is 48.5 Å². The van der Waals surface area contributed by atoms with Crippen LogP contribution in [-0.2, 0) is 4.74 Å². The SMILES string of the molecule is CC(C)CCC[C@@H](C)[C@H]1CC[C@H]2[C@@H]3CC[C@H]4C[C@@H](O)CC[C@]4(C)[C@H]3CC[C@]12C.CCCOCCC. The molecule has 4 saturated carbocycles. The van der Waals surface area contributed by atoms with Crippen molar-refractivity contribution in [3.05, 3.63) is 0 Å². The predicted molar refractivity (Wildman–Crippen MR) is 150 cm³/mol. The molecule has 206 valence electrons. The Bertz CT molecular complexity index is 612. The van der Waals surface area contributed by atoms with E-state index in [0.717, 1.165) is 80.3 Å². The van der Waals surface area contributed by atoms with Crippen molar-refractivity contribution in [1.82, 2.24) is 0 Å². The van der Waals surface area contributed by atoms with Crippen LogP contribution in [-0.4, -0.2) is 24.4 Å². The normalized spacial score (nSPS) is 41.4. The molecular formula is C33H62O2. The summed E-state index contributed by atoms with van der Waals surface area (Å²) in [6.07, 6.45) is 18.9. The minimum absolute atomic E-state index is 0.00830. The van der Waals surface area contributed by atoms with Crippen LogP contribution in [0.1, 0.15) is 138 Å². The van der Waals surface area contributed by atoms with Gasteiger partial charge in [0.1, 0.15) is 0 Å². The molecule has 4 rings (SSSR count). The molecule has 0 amide bonds. The van der Waals surface area contributed by atoms with Gasteiger partial charge in [0, 0.05) is 13.2 Å². The Kier molecular flexibility index (Phi) is 11.1. The van der Waals surface area contributed by atoms with Crippen molar-refractivity contribution in [3.8, 4) is 0 Å². The van der Waals surface area contributed by atoms with Crippen molar-refractivity contribution in [3.63, 3.8) is 0 Å². The van der Waals surface area contributed by atoms with Gasteiger partial charge in [-0.3, -0.25) is 0 Å². The molecule has 0 aromatic heterocycles. The second kappa shape index (κ2) is 13.1. The van der Waals surface area contributed by atoms with Crippen LogP contribution < -0.4 is 0 Å². The molecule has 2 nitrogen and oxygen atoms in total. The monoisotopic (exact) mass is 490 g/mol. The maximum atomic E-state index is 10.3. The van der Waals surface area contributed by atoms with Crippen molar-refractivity contribution >= 4 is 0 Å². The zero-order chi connectivity index (χ0) is 25.6. The van der Waals surface area contributed by atoms with E-state index in [-0.39, 0.29) is 6.10 Å². The summed E-state index contributed by atoms with van der Waals surface area (Å²) in [5.41, 5.74) is 1.15. The highest BCUT2D eigenvalue weighted by Gasteiger charge is 2.60. The lowest BCUT2D eigenvalue weighted by Crippen LogP contribution is -2.54. The number of ether oxygens (including phenoxy) is 1. The van der Waals surface area contributed by atoms with Crippen molar-refractivity contribution in [2.45, 2.75) is 144 Å². The number of aliphatic hydroxyl groups excluding tert-OH is 1. The lowest BCUT2D eigenvalue weighted by atomic mass is 9.44. The van der Waals surface area contributed by atoms with E-state index >= 15 is 0 Å². The number of hydrogen-bond donors (Lipinski definition) is 1. The molecule has 0 unspecified atom stereocenters. The third-order valence-electron chi connectivity index (χ3n) is 11.5. The molecule has 35 heavy (non-hydrogen) atoms. The van der Waals surface area contributed by atoms with E-state index in [1.165, 1.54) is 64.2 Å². The molecule has 4 fully saturated rings. The highest BCUT2D eigenvalue weighted by molar-refractivity contribution is 5.09. The summed E-state index contributed by atoms with van der Waals surface area (Å²) in [4.78, 5) is 0. The minimum Gasteiger partial charge on any atom is -0.393 e. The van der Waals surface area contributed by atoms with Crippen LogP contribution in [0.25, 0.3) is 0 Å². The van der Waals surface area contributed by atoms with Gasteiger partial charge in [-0.1, -0.05) is 67.7 Å². The van der Waals surface area contributed by atoms with Crippen LogP contribution in [0.5, 0.6) is 0 Å². The Morgan fingerprint density at radius 1 is 0.800 bits per heavy atom. The lowest BCUT2D eigenvalue weighted by Gasteiger charge is -2.61. The average molecular weight is 491 g/mol. The van der Waals surface area contributed by atoms with Gasteiger partial charge in [-0.05, 0) is 123 Å². The van der Waals surface area contributed by atoms with E-state index in [1.807, 2.05) is 0 Å². The summed E-state index contributed by atoms with van der Waals surface area (Å²) in [5.74, 6) is 6.49. The van der Waals surface area contributed by atoms with Crippen LogP contribution in [0.3, 0.4) is 0 Å². The van der Waals surface area contributed by atoms with Crippen molar-refractivity contribution in [2.24, 2.45) is 52.3 Å². The lowest BCUT2D eigenvalue weighted by molar-refractivity contribution is -0.129. The number of aliphatic hydroxyl groups is 1. The zero-order valence-corrected chi connectivity index (χ0v) is 24.8. The molecule has 1 N–H and O–H groups in total. The molecule has 0 spiro atoms. The van der Waals surface area contributed by atoms with Gasteiger partial charge in [-0.2, -0.15) is 0 Å². The summed E-state index contributed by atoms with van der Waals surface area (Å²) >= 11 is 0. The second-order valence-corrected chi connectivity index (χ2v) is 14.2. The average Bonchev–Trinajstić information content (AvgIpc) is 3.17. The van der Waals surface area contributed by atoms with Gasteiger partial charge in [-0.25, -0.2) is 0 Å². The van der Waals surface area contributed by atoms with Crippen LogP contribution in [0, 0.1) is 52.3 Å². The molecule has 0 radical (unpaired) electrons. The summed E-state index contributed by atoms with van der Waals surface area (Å²) in [5, 5.41) is 10.3. The van der Waals surface area contributed by atoms with E-state index in [4.69, 9.17) is 4.74 Å². The fourth-order valence-corrected chi connectivity index (χ4v) is 9.65. The van der Waals surface area contributed by atoms with Crippen molar-refractivity contribution in [1.29, 1.82) is 0 Å². The van der Waals surface area contributed by atoms with Crippen molar-refractivity contribution < 1.29 is 9.84 Å². The highest BCUT2D eigenvalue weighted by Crippen LogP contribution is 2.68. The van der Waals surface area contributed by atoms with Gasteiger partial charge < -0.3 is 9.84 Å². The van der Waals surface area contributed by atoms with E-state index in [0.29, 0.717) is 10.8 Å². The second-order valence-electron chi connectivity index (χ2n) is 14.2. The standard InChI is InChI=1S/C27H48O.C6H14O/c1-18(2)7-6-8-19(3)23-11-12-24-22-10-9-20-17-21(28)13-15-26(20,4)25(22)14-16-27(23,24)5;1-3-5-7-6-4-2/h18-25,28H,6-17H2,1-5H3;3-6H2,1-2H3/t19-,20+,21+,22+,23-,24+,25+,26+,27-;/m1./s1. The molecule has 0 aromatic carbocycles. The number of rotatable bonds is 9. The first kappa shape index (κ1) is 29.5. The minimum atomic E-state index is -0.00830. The van der Waals surface area contributed by atoms with Gasteiger partial charge in [0.05, 0.1) is 6.10 Å². The first-order valence-electron chi connectivity index (χ1n) is 15.9. The molecule has 2 heteroatoms. The molecule has 4 aliphatic rings. The fraction of sp³-hybridized carbons (Fsp3) is 1.00. The molecule has 0 bridgehead atoms. The Morgan fingerprint density at radius 2 is 1.46 bits per heavy atom. The quantitative estimate of drug-likeness (QED) is 0.326. The van der Waals surface area contributed by atoms with Gasteiger partial charge in [0.25, 0.3) is 0 Å². The number of hydrogen-bond acceptors (Lipinski definition) is 2. The van der Waals surface area contributed by atoms with Crippen LogP contribution in [0.4, 0.5) is 0 Å². The van der Waals surface area contributed by atoms with E-state index < -0.39 is 0 Å². The largest absolute Gasteiger partial charge is 0.393 e. The molecular weight excluding hydrogens is 428 g/mol. The van der Waals surface area contributed by atoms with Crippen LogP contribution in [0.2, 0.25) is 0 Å². The van der Waals surface area contributed by atoms with Crippen LogP contribution >= 0.6 is 0 Å². The van der Waals surface area contributed by atoms with E-state index in [9.17, 15) is 5.11 Å². The summed E-state index contributed by atoms with van der Waals surface area (Å²) in [6, 6.07) is 0. The molecule has 0 aromatic rings. The highest BCUT2D eigenvalue weighted by atomic mass is 16.5. The zero-order valence-electron chi connectivity index (χ0n) is 24.8. The third kappa shape index (κ3) is 6.68. The molecule has 0 saturated heterocycles. The predicted octanol–water partition coefficient (Wildman–Crippen LogP) is 9.29. The molecule has 0 heterocycles. The smallest absolute Gasteiger partial charge is 0.0543 e. The maximum absolute atomic E-state index is 10.3. The maximum Gasteiger partial charge on any atom is 0.0543 e. The Hall–Kier alpha value is -0.0800. The van der Waals surface area contributed by atoms with Gasteiger partial charge in [0.15, 0.2) is 0 Å². The molecule has 0 aliphatic heterocycles. The molecule has 4 aliphatic carbocycles. The molecule has 9 atom stereocenters.